The minimum atomic E-state index is 0. The van der Waals surface area contributed by atoms with Gasteiger partial charge in [0.05, 0.1) is 0 Å². The zero-order valence-corrected chi connectivity index (χ0v) is 37.1. The van der Waals surface area contributed by atoms with Crippen molar-refractivity contribution in [3.63, 3.8) is 0 Å². The summed E-state index contributed by atoms with van der Waals surface area (Å²) in [5.41, 5.74) is 11.4. The Hall–Kier alpha value is -2.22. The fraction of sp³-hybridized carbons (Fsp3) is 0.304. The molecule has 0 aliphatic heterocycles. The molecule has 0 aliphatic carbocycles. The summed E-state index contributed by atoms with van der Waals surface area (Å²) in [6, 6.07) is 40.8. The van der Waals surface area contributed by atoms with Crippen LogP contribution in [-0.4, -0.2) is 6.88 Å². The maximum atomic E-state index is 3.06. The number of benzene rings is 4. The van der Waals surface area contributed by atoms with Crippen molar-refractivity contribution in [2.24, 2.45) is 0 Å². The summed E-state index contributed by atoms with van der Waals surface area (Å²) in [5.74, 6) is 0. The molecule has 268 valence electrons. The first-order chi connectivity index (χ1) is 22.0. The van der Waals surface area contributed by atoms with Crippen LogP contribution in [0.4, 0.5) is 0 Å². The summed E-state index contributed by atoms with van der Waals surface area (Å²) >= 11 is 1.36. The molecule has 0 amide bonds. The molecule has 0 atom stereocenters. The molecule has 6 aromatic rings. The van der Waals surface area contributed by atoms with Gasteiger partial charge in [0.2, 0.25) is 0 Å². The number of aryl methyl sites for hydroxylation is 2. The van der Waals surface area contributed by atoms with Crippen molar-refractivity contribution in [2.75, 3.05) is 0 Å². The van der Waals surface area contributed by atoms with Crippen molar-refractivity contribution in [1.29, 1.82) is 0 Å². The van der Waals surface area contributed by atoms with E-state index in [0.717, 1.165) is 12.8 Å². The van der Waals surface area contributed by atoms with E-state index in [0.29, 0.717) is 0 Å². The molecule has 0 aromatic heterocycles. The topological polar surface area (TPSA) is 0 Å². The number of fused-ring (bicyclic) bond motifs is 2. The third-order valence-corrected chi connectivity index (χ3v) is 8.82. The Morgan fingerprint density at radius 1 is 0.520 bits per heavy atom. The minimum absolute atomic E-state index is 0. The van der Waals surface area contributed by atoms with Gasteiger partial charge in [-0.1, -0.05) is 140 Å². The van der Waals surface area contributed by atoms with Crippen LogP contribution in [-0.2, 0) is 47.0 Å². The summed E-state index contributed by atoms with van der Waals surface area (Å²) in [6.45, 7) is 21.1. The molecule has 0 N–H and O–H groups in total. The summed E-state index contributed by atoms with van der Waals surface area (Å²) in [5, 5.41) is 5.49. The first-order valence-corrected chi connectivity index (χ1v) is 21.0. The average molecular weight is 801 g/mol. The summed E-state index contributed by atoms with van der Waals surface area (Å²) in [7, 11) is 0. The van der Waals surface area contributed by atoms with E-state index in [1.165, 1.54) is 102 Å². The second-order valence-corrected chi connectivity index (χ2v) is 14.5. The van der Waals surface area contributed by atoms with Gasteiger partial charge in [0, 0.05) is 0 Å². The van der Waals surface area contributed by atoms with E-state index in [9.17, 15) is 0 Å². The van der Waals surface area contributed by atoms with Crippen LogP contribution in [0.5, 0.6) is 0 Å². The van der Waals surface area contributed by atoms with E-state index in [2.05, 4.69) is 171 Å². The van der Waals surface area contributed by atoms with Gasteiger partial charge in [-0.15, -0.1) is 93.9 Å². The van der Waals surface area contributed by atoms with Gasteiger partial charge in [-0.25, -0.2) is 0 Å². The molecular formula is C46H58Cl2SiZr-4. The van der Waals surface area contributed by atoms with Gasteiger partial charge >= 0.3 is 30.2 Å². The quantitative estimate of drug-likeness (QED) is 0.116. The molecule has 0 heterocycles. The number of hydrogen-bond acceptors (Lipinski definition) is 0. The normalized spacial score (nSPS) is 10.6. The van der Waals surface area contributed by atoms with Crippen molar-refractivity contribution >= 4 is 53.2 Å². The molecule has 0 saturated carbocycles. The first-order valence-electron chi connectivity index (χ1n) is 16.8. The molecule has 0 spiro atoms. The Morgan fingerprint density at radius 3 is 1.12 bits per heavy atom. The number of rotatable bonds is 6. The van der Waals surface area contributed by atoms with E-state index in [-0.39, 0.29) is 50.5 Å². The standard InChI is InChI=1S/2C22H25.2CH3.2ClH.Si.Zr/c2*1-5-7-16-14-18-8-6-9-20(21(18)15-16)17-10-12-19(13-11-17)22(2,3)4;;;;;;/h2*6,8-15H,5,7H2,1-4H3;2*1H3;2*1H;;/q4*-1;;;;. The molecule has 4 heteroatoms. The van der Waals surface area contributed by atoms with Crippen LogP contribution in [0.3, 0.4) is 0 Å². The molecule has 0 aliphatic rings. The van der Waals surface area contributed by atoms with Crippen LogP contribution in [0.2, 0.25) is 0 Å². The SMILES string of the molecule is CCCc1cc2c(-c3ccc(C(C)(C)C)cc3)cccc2[cH-]1.CCCc1cc2c(-c3ccc(C(C)(C)C)cc3)cccc2[cH-]1.Cl.Cl.[CH3-].[CH3-].[Si]=[Zr]. The van der Waals surface area contributed by atoms with Crippen LogP contribution >= 0.6 is 24.8 Å². The van der Waals surface area contributed by atoms with E-state index in [1.807, 2.05) is 0 Å². The van der Waals surface area contributed by atoms with Crippen LogP contribution < -0.4 is 0 Å². The maximum absolute atomic E-state index is 3.06. The fourth-order valence-electron chi connectivity index (χ4n) is 6.26. The van der Waals surface area contributed by atoms with Crippen molar-refractivity contribution < 1.29 is 23.3 Å². The van der Waals surface area contributed by atoms with Crippen LogP contribution in [0, 0.1) is 14.9 Å². The summed E-state index contributed by atoms with van der Waals surface area (Å²) in [4.78, 5) is 0. The fourth-order valence-corrected chi connectivity index (χ4v) is 6.26. The van der Waals surface area contributed by atoms with Crippen molar-refractivity contribution in [3.8, 4) is 22.3 Å². The molecule has 2 radical (unpaired) electrons. The van der Waals surface area contributed by atoms with Crippen molar-refractivity contribution in [2.45, 2.75) is 91.9 Å². The predicted molar refractivity (Wildman–Crippen MR) is 228 cm³/mol. The van der Waals surface area contributed by atoms with E-state index in [1.54, 1.807) is 0 Å². The van der Waals surface area contributed by atoms with Crippen LogP contribution in [0.25, 0.3) is 43.8 Å². The van der Waals surface area contributed by atoms with Gasteiger partial charge < -0.3 is 14.9 Å². The van der Waals surface area contributed by atoms with E-state index in [4.69, 9.17) is 0 Å². The molecule has 0 saturated heterocycles. The molecule has 0 bridgehead atoms. The second-order valence-electron chi connectivity index (χ2n) is 14.5. The Bertz CT molecular complexity index is 1710. The summed E-state index contributed by atoms with van der Waals surface area (Å²) < 4.78 is 0. The molecular weight excluding hydrogens is 743 g/mol. The molecule has 6 rings (SSSR count). The second kappa shape index (κ2) is 21.3. The van der Waals surface area contributed by atoms with Crippen molar-refractivity contribution in [3.05, 3.63) is 146 Å². The van der Waals surface area contributed by atoms with Gasteiger partial charge in [-0.2, -0.15) is 12.1 Å². The first kappa shape index (κ1) is 47.8. The van der Waals surface area contributed by atoms with Crippen LogP contribution in [0.1, 0.15) is 90.5 Å². The van der Waals surface area contributed by atoms with Gasteiger partial charge in [0.25, 0.3) is 0 Å². The monoisotopic (exact) mass is 798 g/mol. The zero-order chi connectivity index (χ0) is 33.5. The van der Waals surface area contributed by atoms with Gasteiger partial charge in [-0.3, -0.25) is 0 Å². The Kier molecular flexibility index (Phi) is 20.4. The third-order valence-electron chi connectivity index (χ3n) is 8.82. The molecule has 0 unspecified atom stereocenters. The molecule has 0 nitrogen and oxygen atoms in total. The number of hydrogen-bond donors (Lipinski definition) is 0. The Morgan fingerprint density at radius 2 is 0.840 bits per heavy atom. The van der Waals surface area contributed by atoms with Crippen LogP contribution in [0.15, 0.2) is 109 Å². The Balaban J connectivity index is 0.000000850. The van der Waals surface area contributed by atoms with E-state index >= 15 is 0 Å². The zero-order valence-electron chi connectivity index (χ0n) is 32.0. The van der Waals surface area contributed by atoms with Gasteiger partial charge in [-0.05, 0) is 45.9 Å². The third kappa shape index (κ3) is 11.9. The molecule has 50 heavy (non-hydrogen) atoms. The Labute approximate surface area is 334 Å². The van der Waals surface area contributed by atoms with Crippen molar-refractivity contribution in [1.82, 2.24) is 0 Å². The van der Waals surface area contributed by atoms with E-state index < -0.39 is 0 Å². The predicted octanol–water partition coefficient (Wildman–Crippen LogP) is 14.3. The molecule has 0 fully saturated rings. The van der Waals surface area contributed by atoms with Gasteiger partial charge in [0.1, 0.15) is 0 Å². The number of halogens is 2. The van der Waals surface area contributed by atoms with Gasteiger partial charge in [0.15, 0.2) is 0 Å². The molecule has 6 aromatic carbocycles. The summed E-state index contributed by atoms with van der Waals surface area (Å²) in [6.07, 6.45) is 4.73. The average Bonchev–Trinajstić information content (AvgIpc) is 3.65.